The largest absolute Gasteiger partial charge is 0.384 e. The van der Waals surface area contributed by atoms with Gasteiger partial charge in [-0.05, 0) is 44.5 Å². The standard InChI is InChI=1S/C22H30N4O4/c1-2-23-13-6-4-3-5-7-14-24-16-10-8-9-15-19(16)22(30)26(21(15)29)17-11-12-18(27)25-20(17)28/h8-10,17,23-24H,2-7,11-14H2,1H3,(H,25,27,28). The molecule has 30 heavy (non-hydrogen) atoms. The first-order chi connectivity index (χ1) is 14.5. The molecule has 3 N–H and O–H groups in total. The van der Waals surface area contributed by atoms with Crippen molar-refractivity contribution in [1.29, 1.82) is 0 Å². The highest BCUT2D eigenvalue weighted by Gasteiger charge is 2.45. The number of imide groups is 2. The summed E-state index contributed by atoms with van der Waals surface area (Å²) in [5.74, 6) is -1.92. The van der Waals surface area contributed by atoms with Gasteiger partial charge in [0.15, 0.2) is 0 Å². The number of carbonyl (C=O) groups excluding carboxylic acids is 4. The number of hydrogen-bond acceptors (Lipinski definition) is 6. The molecule has 1 fully saturated rings. The second kappa shape index (κ2) is 10.3. The number of nitrogens with one attached hydrogen (secondary N) is 3. The maximum absolute atomic E-state index is 13.0. The second-order valence-corrected chi connectivity index (χ2v) is 7.72. The Balaban J connectivity index is 1.56. The number of fused-ring (bicyclic) bond motifs is 1. The lowest BCUT2D eigenvalue weighted by Gasteiger charge is -2.27. The van der Waals surface area contributed by atoms with Crippen molar-refractivity contribution >= 4 is 29.3 Å². The fourth-order valence-electron chi connectivity index (χ4n) is 3.97. The maximum atomic E-state index is 13.0. The Morgan fingerprint density at radius 2 is 1.73 bits per heavy atom. The molecule has 1 unspecified atom stereocenters. The van der Waals surface area contributed by atoms with E-state index in [0.29, 0.717) is 23.4 Å². The summed E-state index contributed by atoms with van der Waals surface area (Å²) in [5, 5.41) is 8.82. The van der Waals surface area contributed by atoms with E-state index in [9.17, 15) is 19.2 Å². The van der Waals surface area contributed by atoms with Crippen molar-refractivity contribution in [2.24, 2.45) is 0 Å². The SMILES string of the molecule is CCNCCCCCCCNc1cccc2c1C(=O)N(C1CCC(=O)NC1=O)C2=O. The molecular weight excluding hydrogens is 384 g/mol. The molecule has 0 bridgehead atoms. The Hall–Kier alpha value is -2.74. The van der Waals surface area contributed by atoms with Gasteiger partial charge in [0.1, 0.15) is 6.04 Å². The summed E-state index contributed by atoms with van der Waals surface area (Å²) in [5.41, 5.74) is 1.24. The van der Waals surface area contributed by atoms with E-state index in [1.54, 1.807) is 18.2 Å². The van der Waals surface area contributed by atoms with Crippen LogP contribution in [0.3, 0.4) is 0 Å². The molecule has 1 aromatic rings. The zero-order valence-electron chi connectivity index (χ0n) is 17.5. The minimum atomic E-state index is -0.940. The lowest BCUT2D eigenvalue weighted by atomic mass is 10.0. The Labute approximate surface area is 176 Å². The van der Waals surface area contributed by atoms with E-state index >= 15 is 0 Å². The van der Waals surface area contributed by atoms with Crippen molar-refractivity contribution in [3.63, 3.8) is 0 Å². The second-order valence-electron chi connectivity index (χ2n) is 7.72. The predicted molar refractivity (Wildman–Crippen MR) is 113 cm³/mol. The van der Waals surface area contributed by atoms with Crippen molar-refractivity contribution in [3.8, 4) is 0 Å². The molecule has 0 aromatic heterocycles. The van der Waals surface area contributed by atoms with E-state index in [0.717, 1.165) is 30.8 Å². The van der Waals surface area contributed by atoms with Crippen molar-refractivity contribution in [1.82, 2.24) is 15.5 Å². The highest BCUT2D eigenvalue weighted by atomic mass is 16.2. The van der Waals surface area contributed by atoms with Gasteiger partial charge in [-0.2, -0.15) is 0 Å². The highest BCUT2D eigenvalue weighted by Crippen LogP contribution is 2.32. The lowest BCUT2D eigenvalue weighted by molar-refractivity contribution is -0.136. The molecule has 0 aliphatic carbocycles. The van der Waals surface area contributed by atoms with E-state index < -0.39 is 23.8 Å². The molecule has 1 saturated heterocycles. The van der Waals surface area contributed by atoms with E-state index in [1.807, 2.05) is 0 Å². The fourth-order valence-corrected chi connectivity index (χ4v) is 3.97. The van der Waals surface area contributed by atoms with E-state index in [4.69, 9.17) is 0 Å². The number of rotatable bonds is 11. The molecule has 3 rings (SSSR count). The summed E-state index contributed by atoms with van der Waals surface area (Å²) in [7, 11) is 0. The minimum Gasteiger partial charge on any atom is -0.384 e. The molecule has 0 spiro atoms. The smallest absolute Gasteiger partial charge is 0.264 e. The van der Waals surface area contributed by atoms with Gasteiger partial charge < -0.3 is 10.6 Å². The van der Waals surface area contributed by atoms with Crippen molar-refractivity contribution in [2.75, 3.05) is 25.0 Å². The average Bonchev–Trinajstić information content (AvgIpc) is 2.98. The van der Waals surface area contributed by atoms with Gasteiger partial charge in [-0.1, -0.05) is 32.3 Å². The first-order valence-corrected chi connectivity index (χ1v) is 10.8. The Bertz CT molecular complexity index is 823. The van der Waals surface area contributed by atoms with Crippen LogP contribution in [0, 0.1) is 0 Å². The fraction of sp³-hybridized carbons (Fsp3) is 0.545. The molecule has 4 amide bonds. The van der Waals surface area contributed by atoms with Crippen LogP contribution in [0.5, 0.6) is 0 Å². The maximum Gasteiger partial charge on any atom is 0.264 e. The van der Waals surface area contributed by atoms with Crippen LogP contribution in [0.4, 0.5) is 5.69 Å². The molecule has 2 aliphatic rings. The Morgan fingerprint density at radius 1 is 1.00 bits per heavy atom. The summed E-state index contributed by atoms with van der Waals surface area (Å²) in [6, 6.07) is 4.19. The van der Waals surface area contributed by atoms with Crippen LogP contribution < -0.4 is 16.0 Å². The topological polar surface area (TPSA) is 108 Å². The monoisotopic (exact) mass is 414 g/mol. The first-order valence-electron chi connectivity index (χ1n) is 10.8. The van der Waals surface area contributed by atoms with Gasteiger partial charge in [-0.3, -0.25) is 29.4 Å². The molecule has 0 radical (unpaired) electrons. The van der Waals surface area contributed by atoms with E-state index in [1.165, 1.54) is 19.3 Å². The summed E-state index contributed by atoms with van der Waals surface area (Å²) in [6.07, 6.45) is 5.89. The molecular formula is C22H30N4O4. The van der Waals surface area contributed by atoms with Crippen LogP contribution in [0.2, 0.25) is 0 Å². The number of hydrogen-bond donors (Lipinski definition) is 3. The van der Waals surface area contributed by atoms with Crippen LogP contribution in [0.25, 0.3) is 0 Å². The van der Waals surface area contributed by atoms with E-state index in [-0.39, 0.29) is 18.7 Å². The van der Waals surface area contributed by atoms with Gasteiger partial charge >= 0.3 is 0 Å². The number of amides is 4. The van der Waals surface area contributed by atoms with Gasteiger partial charge in [0.2, 0.25) is 11.8 Å². The quantitative estimate of drug-likeness (QED) is 0.378. The van der Waals surface area contributed by atoms with Crippen LogP contribution in [-0.2, 0) is 9.59 Å². The van der Waals surface area contributed by atoms with Crippen LogP contribution >= 0.6 is 0 Å². The van der Waals surface area contributed by atoms with Crippen molar-refractivity contribution in [2.45, 2.75) is 57.9 Å². The normalized spacial score (nSPS) is 18.6. The minimum absolute atomic E-state index is 0.115. The molecule has 2 aliphatic heterocycles. The van der Waals surface area contributed by atoms with Gasteiger partial charge in [0.25, 0.3) is 11.8 Å². The van der Waals surface area contributed by atoms with Crippen LogP contribution in [-0.4, -0.2) is 54.2 Å². The number of unbranched alkanes of at least 4 members (excludes halogenated alkanes) is 4. The van der Waals surface area contributed by atoms with Crippen molar-refractivity contribution in [3.05, 3.63) is 29.3 Å². The summed E-state index contributed by atoms with van der Waals surface area (Å²) >= 11 is 0. The summed E-state index contributed by atoms with van der Waals surface area (Å²) in [6.45, 7) is 4.89. The number of carbonyl (C=O) groups is 4. The number of nitrogens with zero attached hydrogens (tertiary/aromatic N) is 1. The van der Waals surface area contributed by atoms with Crippen molar-refractivity contribution < 1.29 is 19.2 Å². The van der Waals surface area contributed by atoms with Gasteiger partial charge in [0, 0.05) is 18.7 Å². The molecule has 162 valence electrons. The van der Waals surface area contributed by atoms with Gasteiger partial charge in [-0.25, -0.2) is 0 Å². The number of piperidine rings is 1. The highest BCUT2D eigenvalue weighted by molar-refractivity contribution is 6.25. The molecule has 8 nitrogen and oxygen atoms in total. The molecule has 1 aromatic carbocycles. The molecule has 2 heterocycles. The average molecular weight is 415 g/mol. The number of benzene rings is 1. The molecule has 0 saturated carbocycles. The third kappa shape index (κ3) is 4.87. The lowest BCUT2D eigenvalue weighted by Crippen LogP contribution is -2.54. The summed E-state index contributed by atoms with van der Waals surface area (Å²) in [4.78, 5) is 50.4. The number of anilines is 1. The van der Waals surface area contributed by atoms with Gasteiger partial charge in [-0.15, -0.1) is 0 Å². The Kier molecular flexibility index (Phi) is 7.57. The van der Waals surface area contributed by atoms with Gasteiger partial charge in [0.05, 0.1) is 11.1 Å². The third-order valence-electron chi connectivity index (χ3n) is 5.56. The molecule has 8 heteroatoms. The molecule has 1 atom stereocenters. The first kappa shape index (κ1) is 22.0. The van der Waals surface area contributed by atoms with Crippen LogP contribution in [0.1, 0.15) is 72.6 Å². The van der Waals surface area contributed by atoms with E-state index in [2.05, 4.69) is 22.9 Å². The van der Waals surface area contributed by atoms with Crippen LogP contribution in [0.15, 0.2) is 18.2 Å². The summed E-state index contributed by atoms with van der Waals surface area (Å²) < 4.78 is 0. The third-order valence-corrected chi connectivity index (χ3v) is 5.56. The zero-order chi connectivity index (χ0) is 21.5. The predicted octanol–water partition coefficient (Wildman–Crippen LogP) is 2.06. The Morgan fingerprint density at radius 3 is 2.47 bits per heavy atom. The zero-order valence-corrected chi connectivity index (χ0v) is 17.5.